The molecule has 4 aromatic rings. The fraction of sp³-hybridized carbons (Fsp3) is 0.340. The Bertz CT molecular complexity index is 2430. The molecule has 1 fully saturated rings. The van der Waals surface area contributed by atoms with Crippen molar-refractivity contribution in [2.75, 3.05) is 28.6 Å². The number of rotatable bonds is 13. The van der Waals surface area contributed by atoms with Crippen LogP contribution < -0.4 is 14.4 Å². The Morgan fingerprint density at radius 1 is 0.644 bits per heavy atom. The molecule has 3 aliphatic rings. The number of halogens is 2. The molecule has 0 atom stereocenters. The van der Waals surface area contributed by atoms with Gasteiger partial charge in [-0.05, 0) is 91.8 Å². The molecule has 0 spiro atoms. The zero-order valence-electron chi connectivity index (χ0n) is 34.9. The molecule has 4 aromatic carbocycles. The lowest BCUT2D eigenvalue weighted by atomic mass is 9.83. The van der Waals surface area contributed by atoms with Crippen LogP contribution in [0, 0.1) is 0 Å². The van der Waals surface area contributed by atoms with Crippen LogP contribution in [-0.4, -0.2) is 37.5 Å². The van der Waals surface area contributed by atoms with Gasteiger partial charge < -0.3 is 9.80 Å². The summed E-state index contributed by atoms with van der Waals surface area (Å²) in [5.74, 6) is -0.240. The number of fused-ring (bicyclic) bond motifs is 2. The van der Waals surface area contributed by atoms with Crippen molar-refractivity contribution in [1.29, 1.82) is 0 Å². The second-order valence-corrected chi connectivity index (χ2v) is 20.3. The van der Waals surface area contributed by atoms with E-state index in [4.69, 9.17) is 0 Å². The first kappa shape index (κ1) is 43.1. The third-order valence-corrected chi connectivity index (χ3v) is 13.9. The van der Waals surface area contributed by atoms with Crippen molar-refractivity contribution in [1.82, 2.24) is 4.58 Å². The minimum absolute atomic E-state index is 0.175. The maximum absolute atomic E-state index is 11.6. The van der Waals surface area contributed by atoms with Gasteiger partial charge in [-0.25, -0.2) is 0 Å². The van der Waals surface area contributed by atoms with Crippen LogP contribution in [0.3, 0.4) is 0 Å². The van der Waals surface area contributed by atoms with Gasteiger partial charge in [0, 0.05) is 91.0 Å². The molecular formula is C50H56Br2N3O3S+. The van der Waals surface area contributed by atoms with E-state index >= 15 is 0 Å². The molecule has 6 nitrogen and oxygen atoms in total. The van der Waals surface area contributed by atoms with Gasteiger partial charge >= 0.3 is 0 Å². The monoisotopic (exact) mass is 936 g/mol. The van der Waals surface area contributed by atoms with E-state index in [9.17, 15) is 13.0 Å². The zero-order chi connectivity index (χ0) is 42.0. The summed E-state index contributed by atoms with van der Waals surface area (Å²) in [7, 11) is -4.02. The van der Waals surface area contributed by atoms with Crippen LogP contribution in [0.25, 0.3) is 0 Å². The quantitative estimate of drug-likeness (QED) is 0.0822. The van der Waals surface area contributed by atoms with Gasteiger partial charge in [-0.15, -0.1) is 0 Å². The van der Waals surface area contributed by atoms with E-state index < -0.39 is 10.1 Å². The van der Waals surface area contributed by atoms with Gasteiger partial charge in [0.15, 0.2) is 0 Å². The number of nitrogens with zero attached hydrogens (tertiary/aromatic N) is 3. The average Bonchev–Trinajstić information content (AvgIpc) is 3.76. The molecule has 2 heterocycles. The molecule has 9 heteroatoms. The largest absolute Gasteiger partial charge is 0.344 e. The standard InChI is InChI=1S/C50H55Br2N3O3S/c1-6-7-14-31-53-44-27-25-38(51)34-42(44)49(2,3)46(53)29-23-36-21-22-37(48(36)55(40-17-10-8-11-18-40)41-19-12-9-13-20-41)24-30-47-50(4,5)43-35-39(52)26-28-45(43)54(47)32-15-16-33-59(56,57)58/h8-13,17-20,23-30,34-35H,6-7,14-16,21-22,31-33H2,1-5H3/p+1. The Morgan fingerprint density at radius 2 is 1.08 bits per heavy atom. The summed E-state index contributed by atoms with van der Waals surface area (Å²) in [4.78, 5) is 4.90. The maximum atomic E-state index is 11.6. The van der Waals surface area contributed by atoms with Crippen LogP contribution in [-0.2, 0) is 20.9 Å². The van der Waals surface area contributed by atoms with Gasteiger partial charge in [0.1, 0.15) is 0 Å². The predicted octanol–water partition coefficient (Wildman–Crippen LogP) is 13.4. The average molecular weight is 939 g/mol. The molecule has 0 aromatic heterocycles. The second kappa shape index (κ2) is 17.9. The summed E-state index contributed by atoms with van der Waals surface area (Å²) in [5, 5.41) is 0. The van der Waals surface area contributed by atoms with Crippen LogP contribution in [0.4, 0.5) is 22.7 Å². The molecule has 2 aliphatic heterocycles. The lowest BCUT2D eigenvalue weighted by molar-refractivity contribution is 0.480. The Hall–Kier alpha value is -4.02. The van der Waals surface area contributed by atoms with Crippen LogP contribution in [0.15, 0.2) is 153 Å². The van der Waals surface area contributed by atoms with Crippen molar-refractivity contribution >= 4 is 70.4 Å². The summed E-state index contributed by atoms with van der Waals surface area (Å²) in [6, 6.07) is 34.5. The minimum Gasteiger partial charge on any atom is -0.344 e. The number of hydrogen-bond donors (Lipinski definition) is 1. The number of anilines is 2. The Kier molecular flexibility index (Phi) is 13.1. The molecule has 0 bridgehead atoms. The fourth-order valence-corrected chi connectivity index (χ4v) is 10.4. The van der Waals surface area contributed by atoms with Crippen LogP contribution in [0.2, 0.25) is 0 Å². The molecule has 0 unspecified atom stereocenters. The van der Waals surface area contributed by atoms with Crippen LogP contribution in [0.1, 0.15) is 90.7 Å². The Balaban J connectivity index is 1.38. The Morgan fingerprint density at radius 3 is 1.51 bits per heavy atom. The molecule has 7 rings (SSSR count). The SMILES string of the molecule is CCCCCN1C(=CC=C2CC/C(=C\C=C3\N(CCCCS(=O)(=O)O)c4ccc(Br)cc4C3(C)C)C2=[N+](c2ccccc2)c2ccccc2)C(C)(C)c2cc(Br)ccc21. The molecule has 1 saturated carbocycles. The molecule has 0 amide bonds. The summed E-state index contributed by atoms with van der Waals surface area (Å²) < 4.78 is 37.2. The number of benzene rings is 4. The fourth-order valence-electron chi connectivity index (χ4n) is 9.10. The first-order valence-corrected chi connectivity index (χ1v) is 24.1. The molecule has 1 N–H and O–H groups in total. The minimum atomic E-state index is -4.02. The van der Waals surface area contributed by atoms with Crippen molar-refractivity contribution in [3.05, 3.63) is 164 Å². The van der Waals surface area contributed by atoms with E-state index in [1.165, 1.54) is 52.2 Å². The molecule has 308 valence electrons. The van der Waals surface area contributed by atoms with Crippen LogP contribution in [0.5, 0.6) is 0 Å². The number of unbranched alkanes of at least 4 members (excludes halogenated alkanes) is 3. The lowest BCUT2D eigenvalue weighted by Crippen LogP contribution is -2.27. The summed E-state index contributed by atoms with van der Waals surface area (Å²) in [6.07, 6.45) is 15.7. The number of hydrogen-bond acceptors (Lipinski definition) is 4. The van der Waals surface area contributed by atoms with E-state index in [1.54, 1.807) is 0 Å². The van der Waals surface area contributed by atoms with E-state index in [0.29, 0.717) is 19.4 Å². The van der Waals surface area contributed by atoms with Crippen molar-refractivity contribution in [3.63, 3.8) is 0 Å². The highest BCUT2D eigenvalue weighted by molar-refractivity contribution is 9.10. The van der Waals surface area contributed by atoms with Gasteiger partial charge in [-0.2, -0.15) is 13.0 Å². The van der Waals surface area contributed by atoms with E-state index in [0.717, 1.165) is 57.5 Å². The third kappa shape index (κ3) is 9.19. The van der Waals surface area contributed by atoms with Crippen molar-refractivity contribution in [3.8, 4) is 0 Å². The second-order valence-electron chi connectivity index (χ2n) is 16.9. The molecular weight excluding hydrogens is 882 g/mol. The normalized spacial score (nSPS) is 19.7. The van der Waals surface area contributed by atoms with Gasteiger partial charge in [0.05, 0.1) is 5.75 Å². The number of para-hydroxylation sites is 2. The van der Waals surface area contributed by atoms with Gasteiger partial charge in [-0.1, -0.05) is 128 Å². The van der Waals surface area contributed by atoms with Crippen LogP contribution >= 0.6 is 31.9 Å². The van der Waals surface area contributed by atoms with E-state index in [1.807, 2.05) is 0 Å². The highest BCUT2D eigenvalue weighted by Gasteiger charge is 2.42. The smallest absolute Gasteiger partial charge is 0.264 e. The van der Waals surface area contributed by atoms with Crippen molar-refractivity contribution < 1.29 is 13.0 Å². The van der Waals surface area contributed by atoms with Gasteiger partial charge in [0.2, 0.25) is 17.1 Å². The zero-order valence-corrected chi connectivity index (χ0v) is 38.9. The molecule has 0 saturated heterocycles. The maximum Gasteiger partial charge on any atom is 0.264 e. The predicted molar refractivity (Wildman–Crippen MR) is 255 cm³/mol. The summed E-state index contributed by atoms with van der Waals surface area (Å²) in [6.45, 7) is 13.1. The van der Waals surface area contributed by atoms with Crippen molar-refractivity contribution in [2.24, 2.45) is 0 Å². The molecule has 59 heavy (non-hydrogen) atoms. The van der Waals surface area contributed by atoms with E-state index in [-0.39, 0.29) is 16.6 Å². The summed E-state index contributed by atoms with van der Waals surface area (Å²) >= 11 is 7.48. The highest BCUT2D eigenvalue weighted by Crippen LogP contribution is 2.50. The number of allylic oxidation sites excluding steroid dienone is 8. The highest BCUT2D eigenvalue weighted by atomic mass is 79.9. The summed E-state index contributed by atoms with van der Waals surface area (Å²) in [5.41, 5.74) is 12.9. The topological polar surface area (TPSA) is 63.9 Å². The van der Waals surface area contributed by atoms with Gasteiger partial charge in [0.25, 0.3) is 10.1 Å². The first-order valence-electron chi connectivity index (χ1n) is 20.9. The first-order chi connectivity index (χ1) is 28.2. The molecule has 0 radical (unpaired) electrons. The third-order valence-electron chi connectivity index (χ3n) is 12.1. The van der Waals surface area contributed by atoms with Crippen molar-refractivity contribution in [2.45, 2.75) is 90.4 Å². The van der Waals surface area contributed by atoms with Gasteiger partial charge in [-0.3, -0.25) is 4.55 Å². The lowest BCUT2D eigenvalue weighted by Gasteiger charge is -2.27. The molecule has 1 aliphatic carbocycles. The van der Waals surface area contributed by atoms with E-state index in [2.05, 4.69) is 202 Å². The Labute approximate surface area is 368 Å².